The van der Waals surface area contributed by atoms with Crippen molar-refractivity contribution in [2.75, 3.05) is 0 Å². The number of rotatable bonds is 3. The Kier molecular flexibility index (Phi) is 3.74. The Balaban J connectivity index is 2.37. The number of aliphatic hydroxyl groups excluding tert-OH is 1. The lowest BCUT2D eigenvalue weighted by Gasteiger charge is -2.25. The largest absolute Gasteiger partial charge is 0.392 e. The summed E-state index contributed by atoms with van der Waals surface area (Å²) in [5, 5.41) is 12.9. The van der Waals surface area contributed by atoms with E-state index in [1.165, 1.54) is 12.8 Å². The van der Waals surface area contributed by atoms with Crippen LogP contribution in [-0.4, -0.2) is 23.3 Å². The average molecular weight is 185 g/mol. The number of nitrogens with one attached hydrogen (secondary N) is 1. The Morgan fingerprint density at radius 2 is 1.85 bits per heavy atom. The molecule has 5 atom stereocenters. The van der Waals surface area contributed by atoms with Crippen molar-refractivity contribution in [1.82, 2.24) is 5.32 Å². The highest BCUT2D eigenvalue weighted by Crippen LogP contribution is 2.31. The molecule has 0 aromatic rings. The molecule has 2 nitrogen and oxygen atoms in total. The van der Waals surface area contributed by atoms with E-state index in [1.54, 1.807) is 0 Å². The second-order valence-electron chi connectivity index (χ2n) is 4.72. The first-order chi connectivity index (χ1) is 6.02. The molecule has 0 spiro atoms. The zero-order valence-corrected chi connectivity index (χ0v) is 9.25. The van der Waals surface area contributed by atoms with E-state index in [0.717, 1.165) is 11.8 Å². The Morgan fingerprint density at radius 1 is 1.23 bits per heavy atom. The van der Waals surface area contributed by atoms with Gasteiger partial charge in [0.25, 0.3) is 0 Å². The molecule has 0 aromatic carbocycles. The van der Waals surface area contributed by atoms with Crippen molar-refractivity contribution in [2.45, 2.75) is 58.7 Å². The SMILES string of the molecule is CC(O)C(C)NC1CCC(C)C1C. The van der Waals surface area contributed by atoms with Gasteiger partial charge in [-0.25, -0.2) is 0 Å². The smallest absolute Gasteiger partial charge is 0.0662 e. The number of aliphatic hydroxyl groups is 1. The molecule has 0 radical (unpaired) electrons. The van der Waals surface area contributed by atoms with Crippen molar-refractivity contribution in [3.8, 4) is 0 Å². The Labute approximate surface area is 81.7 Å². The topological polar surface area (TPSA) is 32.3 Å². The molecule has 5 unspecified atom stereocenters. The Morgan fingerprint density at radius 3 is 2.23 bits per heavy atom. The van der Waals surface area contributed by atoms with Crippen molar-refractivity contribution >= 4 is 0 Å². The van der Waals surface area contributed by atoms with Gasteiger partial charge in [-0.15, -0.1) is 0 Å². The molecule has 0 bridgehead atoms. The minimum atomic E-state index is -0.247. The quantitative estimate of drug-likeness (QED) is 0.702. The van der Waals surface area contributed by atoms with Crippen LogP contribution >= 0.6 is 0 Å². The maximum atomic E-state index is 9.37. The molecule has 1 saturated carbocycles. The highest BCUT2D eigenvalue weighted by atomic mass is 16.3. The molecule has 78 valence electrons. The minimum absolute atomic E-state index is 0.220. The van der Waals surface area contributed by atoms with E-state index in [-0.39, 0.29) is 12.1 Å². The third-order valence-electron chi connectivity index (χ3n) is 3.67. The third kappa shape index (κ3) is 2.68. The van der Waals surface area contributed by atoms with Crippen LogP contribution < -0.4 is 5.32 Å². The lowest BCUT2D eigenvalue weighted by molar-refractivity contribution is 0.140. The summed E-state index contributed by atoms with van der Waals surface area (Å²) in [6.07, 6.45) is 2.34. The summed E-state index contributed by atoms with van der Waals surface area (Å²) in [4.78, 5) is 0. The molecule has 0 aromatic heterocycles. The highest BCUT2D eigenvalue weighted by molar-refractivity contribution is 4.87. The van der Waals surface area contributed by atoms with Crippen LogP contribution in [0.5, 0.6) is 0 Å². The van der Waals surface area contributed by atoms with Crippen molar-refractivity contribution in [3.05, 3.63) is 0 Å². The van der Waals surface area contributed by atoms with E-state index >= 15 is 0 Å². The molecule has 13 heavy (non-hydrogen) atoms. The van der Waals surface area contributed by atoms with Gasteiger partial charge >= 0.3 is 0 Å². The van der Waals surface area contributed by atoms with Gasteiger partial charge in [0.05, 0.1) is 6.10 Å². The van der Waals surface area contributed by atoms with Gasteiger partial charge in [0, 0.05) is 12.1 Å². The molecule has 2 heteroatoms. The minimum Gasteiger partial charge on any atom is -0.392 e. The van der Waals surface area contributed by atoms with E-state index in [1.807, 2.05) is 6.92 Å². The fraction of sp³-hybridized carbons (Fsp3) is 1.00. The Hall–Kier alpha value is -0.0800. The van der Waals surface area contributed by atoms with Gasteiger partial charge < -0.3 is 10.4 Å². The first kappa shape index (κ1) is 11.0. The van der Waals surface area contributed by atoms with Crippen LogP contribution in [-0.2, 0) is 0 Å². The third-order valence-corrected chi connectivity index (χ3v) is 3.67. The molecule has 0 saturated heterocycles. The second-order valence-corrected chi connectivity index (χ2v) is 4.72. The monoisotopic (exact) mass is 185 g/mol. The lowest BCUT2D eigenvalue weighted by atomic mass is 9.97. The van der Waals surface area contributed by atoms with E-state index in [4.69, 9.17) is 0 Å². The molecule has 1 rings (SSSR count). The first-order valence-corrected chi connectivity index (χ1v) is 5.46. The fourth-order valence-electron chi connectivity index (χ4n) is 2.08. The highest BCUT2D eigenvalue weighted by Gasteiger charge is 2.30. The molecular formula is C11H23NO. The van der Waals surface area contributed by atoms with Crippen LogP contribution in [0.4, 0.5) is 0 Å². The molecule has 0 amide bonds. The lowest BCUT2D eigenvalue weighted by Crippen LogP contribution is -2.44. The van der Waals surface area contributed by atoms with Gasteiger partial charge in [-0.05, 0) is 38.5 Å². The van der Waals surface area contributed by atoms with Gasteiger partial charge in [0.2, 0.25) is 0 Å². The van der Waals surface area contributed by atoms with Crippen molar-refractivity contribution in [1.29, 1.82) is 0 Å². The van der Waals surface area contributed by atoms with Crippen molar-refractivity contribution in [3.63, 3.8) is 0 Å². The molecule has 1 aliphatic carbocycles. The van der Waals surface area contributed by atoms with Crippen LogP contribution in [0.25, 0.3) is 0 Å². The summed E-state index contributed by atoms with van der Waals surface area (Å²) in [6.45, 7) is 8.53. The predicted octanol–water partition coefficient (Wildman–Crippen LogP) is 1.78. The van der Waals surface area contributed by atoms with Crippen LogP contribution in [0.15, 0.2) is 0 Å². The zero-order chi connectivity index (χ0) is 10.0. The maximum absolute atomic E-state index is 9.37. The average Bonchev–Trinajstić information content (AvgIpc) is 2.36. The Bertz CT molecular complexity index is 158. The standard InChI is InChI=1S/C11H23NO/c1-7-5-6-11(8(7)2)12-9(3)10(4)13/h7-13H,5-6H2,1-4H3. The maximum Gasteiger partial charge on any atom is 0.0662 e. The molecule has 1 fully saturated rings. The normalized spacial score (nSPS) is 39.0. The summed E-state index contributed by atoms with van der Waals surface area (Å²) in [5.74, 6) is 1.58. The summed E-state index contributed by atoms with van der Waals surface area (Å²) < 4.78 is 0. The fourth-order valence-corrected chi connectivity index (χ4v) is 2.08. The number of hydrogen-bond donors (Lipinski definition) is 2. The van der Waals surface area contributed by atoms with E-state index in [0.29, 0.717) is 6.04 Å². The van der Waals surface area contributed by atoms with Gasteiger partial charge in [-0.3, -0.25) is 0 Å². The summed E-state index contributed by atoms with van der Waals surface area (Å²) >= 11 is 0. The molecular weight excluding hydrogens is 162 g/mol. The molecule has 0 heterocycles. The van der Waals surface area contributed by atoms with Gasteiger partial charge in [0.1, 0.15) is 0 Å². The van der Waals surface area contributed by atoms with E-state index < -0.39 is 0 Å². The predicted molar refractivity (Wildman–Crippen MR) is 55.6 cm³/mol. The summed E-state index contributed by atoms with van der Waals surface area (Å²) in [7, 11) is 0. The zero-order valence-electron chi connectivity index (χ0n) is 9.25. The second kappa shape index (κ2) is 4.43. The van der Waals surface area contributed by atoms with Crippen LogP contribution in [0.2, 0.25) is 0 Å². The number of hydrogen-bond acceptors (Lipinski definition) is 2. The van der Waals surface area contributed by atoms with E-state index in [9.17, 15) is 5.11 Å². The van der Waals surface area contributed by atoms with Gasteiger partial charge in [-0.1, -0.05) is 13.8 Å². The van der Waals surface area contributed by atoms with Crippen molar-refractivity contribution in [2.24, 2.45) is 11.8 Å². The van der Waals surface area contributed by atoms with Crippen LogP contribution in [0.1, 0.15) is 40.5 Å². The van der Waals surface area contributed by atoms with Gasteiger partial charge in [0.15, 0.2) is 0 Å². The summed E-state index contributed by atoms with van der Waals surface area (Å²) in [6, 6.07) is 0.831. The molecule has 2 N–H and O–H groups in total. The van der Waals surface area contributed by atoms with Crippen LogP contribution in [0.3, 0.4) is 0 Å². The van der Waals surface area contributed by atoms with Crippen LogP contribution in [0, 0.1) is 11.8 Å². The molecule has 1 aliphatic rings. The molecule has 0 aliphatic heterocycles. The van der Waals surface area contributed by atoms with Crippen molar-refractivity contribution < 1.29 is 5.11 Å². The first-order valence-electron chi connectivity index (χ1n) is 5.46. The summed E-state index contributed by atoms with van der Waals surface area (Å²) in [5.41, 5.74) is 0. The van der Waals surface area contributed by atoms with E-state index in [2.05, 4.69) is 26.1 Å². The van der Waals surface area contributed by atoms with Gasteiger partial charge in [-0.2, -0.15) is 0 Å².